The van der Waals surface area contributed by atoms with E-state index in [9.17, 15) is 4.79 Å². The van der Waals surface area contributed by atoms with Crippen LogP contribution >= 0.6 is 0 Å². The molecule has 0 bridgehead atoms. The fraction of sp³-hybridized carbons (Fsp3) is 0.182. The fourth-order valence-corrected chi connectivity index (χ4v) is 1.14. The van der Waals surface area contributed by atoms with Crippen LogP contribution in [-0.4, -0.2) is 5.91 Å². The van der Waals surface area contributed by atoms with Crippen molar-refractivity contribution in [2.24, 2.45) is 0 Å². The zero-order valence-corrected chi connectivity index (χ0v) is 7.92. The van der Waals surface area contributed by atoms with Gasteiger partial charge in [0.2, 0.25) is 5.91 Å². The minimum atomic E-state index is -0.174. The summed E-state index contributed by atoms with van der Waals surface area (Å²) in [7, 11) is 0. The van der Waals surface area contributed by atoms with Crippen LogP contribution < -0.4 is 5.32 Å². The SMILES string of the molecule is C=CC(=O)Nc1ccc(C)cc1C. The predicted molar refractivity (Wildman–Crippen MR) is 54.7 cm³/mol. The highest BCUT2D eigenvalue weighted by Gasteiger charge is 1.99. The largest absolute Gasteiger partial charge is 0.322 e. The van der Waals surface area contributed by atoms with E-state index < -0.39 is 0 Å². The molecule has 0 aromatic heterocycles. The van der Waals surface area contributed by atoms with Crippen LogP contribution in [0.5, 0.6) is 0 Å². The molecule has 1 rings (SSSR count). The normalized spacial score (nSPS) is 9.38. The summed E-state index contributed by atoms with van der Waals surface area (Å²) in [5, 5.41) is 2.73. The molecule has 0 aliphatic carbocycles. The van der Waals surface area contributed by atoms with E-state index >= 15 is 0 Å². The van der Waals surface area contributed by atoms with Crippen LogP contribution in [0.3, 0.4) is 0 Å². The summed E-state index contributed by atoms with van der Waals surface area (Å²) < 4.78 is 0. The number of amides is 1. The average molecular weight is 175 g/mol. The molecule has 0 saturated carbocycles. The molecule has 0 spiro atoms. The van der Waals surface area contributed by atoms with Crippen molar-refractivity contribution >= 4 is 11.6 Å². The highest BCUT2D eigenvalue weighted by atomic mass is 16.1. The van der Waals surface area contributed by atoms with Gasteiger partial charge in [-0.05, 0) is 31.6 Å². The first-order valence-electron chi connectivity index (χ1n) is 4.14. The number of anilines is 1. The highest BCUT2D eigenvalue weighted by Crippen LogP contribution is 2.15. The maximum Gasteiger partial charge on any atom is 0.247 e. The molecular weight excluding hydrogens is 162 g/mol. The van der Waals surface area contributed by atoms with Gasteiger partial charge in [-0.25, -0.2) is 0 Å². The van der Waals surface area contributed by atoms with Crippen LogP contribution in [0.15, 0.2) is 30.9 Å². The number of nitrogens with one attached hydrogen (secondary N) is 1. The van der Waals surface area contributed by atoms with Crippen molar-refractivity contribution < 1.29 is 4.79 Å². The maximum absolute atomic E-state index is 11.0. The van der Waals surface area contributed by atoms with Crippen molar-refractivity contribution in [3.05, 3.63) is 42.0 Å². The van der Waals surface area contributed by atoms with Gasteiger partial charge in [-0.1, -0.05) is 24.3 Å². The van der Waals surface area contributed by atoms with E-state index in [1.807, 2.05) is 32.0 Å². The van der Waals surface area contributed by atoms with Crippen molar-refractivity contribution in [1.29, 1.82) is 0 Å². The van der Waals surface area contributed by atoms with Gasteiger partial charge in [-0.2, -0.15) is 0 Å². The first-order chi connectivity index (χ1) is 6.13. The molecule has 0 unspecified atom stereocenters. The monoisotopic (exact) mass is 175 g/mol. The van der Waals surface area contributed by atoms with E-state index in [2.05, 4.69) is 11.9 Å². The zero-order valence-electron chi connectivity index (χ0n) is 7.92. The van der Waals surface area contributed by atoms with E-state index in [-0.39, 0.29) is 5.91 Å². The van der Waals surface area contributed by atoms with Crippen LogP contribution in [-0.2, 0) is 4.79 Å². The van der Waals surface area contributed by atoms with Gasteiger partial charge >= 0.3 is 0 Å². The Hall–Kier alpha value is -1.57. The molecule has 1 aromatic carbocycles. The lowest BCUT2D eigenvalue weighted by atomic mass is 10.1. The number of benzene rings is 1. The van der Waals surface area contributed by atoms with E-state index in [0.29, 0.717) is 0 Å². The lowest BCUT2D eigenvalue weighted by Gasteiger charge is -2.06. The lowest BCUT2D eigenvalue weighted by Crippen LogP contribution is -2.08. The lowest BCUT2D eigenvalue weighted by molar-refractivity contribution is -0.111. The van der Waals surface area contributed by atoms with Crippen molar-refractivity contribution in [3.8, 4) is 0 Å². The van der Waals surface area contributed by atoms with E-state index in [4.69, 9.17) is 0 Å². The molecule has 0 atom stereocenters. The third kappa shape index (κ3) is 2.44. The molecule has 1 aromatic rings. The zero-order chi connectivity index (χ0) is 9.84. The van der Waals surface area contributed by atoms with Crippen LogP contribution in [0, 0.1) is 13.8 Å². The Morgan fingerprint density at radius 3 is 2.69 bits per heavy atom. The minimum Gasteiger partial charge on any atom is -0.322 e. The predicted octanol–water partition coefficient (Wildman–Crippen LogP) is 2.43. The summed E-state index contributed by atoms with van der Waals surface area (Å²) in [5.41, 5.74) is 3.10. The van der Waals surface area contributed by atoms with Gasteiger partial charge in [-0.15, -0.1) is 0 Å². The second-order valence-electron chi connectivity index (χ2n) is 3.01. The summed E-state index contributed by atoms with van der Waals surface area (Å²) in [5.74, 6) is -0.174. The van der Waals surface area contributed by atoms with E-state index in [0.717, 1.165) is 11.3 Å². The van der Waals surface area contributed by atoms with E-state index in [1.165, 1.54) is 11.6 Å². The molecule has 0 heterocycles. The number of hydrogen-bond acceptors (Lipinski definition) is 1. The molecule has 0 fully saturated rings. The molecule has 2 nitrogen and oxygen atoms in total. The van der Waals surface area contributed by atoms with Gasteiger partial charge in [-0.3, -0.25) is 4.79 Å². The molecule has 2 heteroatoms. The smallest absolute Gasteiger partial charge is 0.247 e. The minimum absolute atomic E-state index is 0.174. The average Bonchev–Trinajstić information content (AvgIpc) is 2.09. The Labute approximate surface area is 78.3 Å². The van der Waals surface area contributed by atoms with Crippen molar-refractivity contribution in [2.45, 2.75) is 13.8 Å². The Bertz CT molecular complexity index is 342. The van der Waals surface area contributed by atoms with Crippen LogP contribution in [0.1, 0.15) is 11.1 Å². The number of carbonyl (C=O) groups is 1. The topological polar surface area (TPSA) is 29.1 Å². The van der Waals surface area contributed by atoms with Crippen molar-refractivity contribution in [1.82, 2.24) is 0 Å². The molecule has 0 aliphatic rings. The van der Waals surface area contributed by atoms with E-state index in [1.54, 1.807) is 0 Å². The Morgan fingerprint density at radius 2 is 2.15 bits per heavy atom. The van der Waals surface area contributed by atoms with Crippen molar-refractivity contribution in [3.63, 3.8) is 0 Å². The molecule has 68 valence electrons. The van der Waals surface area contributed by atoms with Crippen LogP contribution in [0.4, 0.5) is 5.69 Å². The summed E-state index contributed by atoms with van der Waals surface area (Å²) in [6.07, 6.45) is 1.26. The van der Waals surface area contributed by atoms with Gasteiger partial charge in [0.05, 0.1) is 0 Å². The number of hydrogen-bond donors (Lipinski definition) is 1. The first kappa shape index (κ1) is 9.52. The van der Waals surface area contributed by atoms with Gasteiger partial charge < -0.3 is 5.32 Å². The van der Waals surface area contributed by atoms with Gasteiger partial charge in [0.25, 0.3) is 0 Å². The van der Waals surface area contributed by atoms with Crippen LogP contribution in [0.2, 0.25) is 0 Å². The Kier molecular flexibility index (Phi) is 2.85. The third-order valence-electron chi connectivity index (χ3n) is 1.83. The van der Waals surface area contributed by atoms with Gasteiger partial charge in [0, 0.05) is 5.69 Å². The summed E-state index contributed by atoms with van der Waals surface area (Å²) in [4.78, 5) is 11.0. The highest BCUT2D eigenvalue weighted by molar-refractivity contribution is 5.99. The molecule has 1 amide bonds. The number of carbonyl (C=O) groups excluding carboxylic acids is 1. The summed E-state index contributed by atoms with van der Waals surface area (Å²) in [6.45, 7) is 7.38. The molecule has 13 heavy (non-hydrogen) atoms. The van der Waals surface area contributed by atoms with Crippen molar-refractivity contribution in [2.75, 3.05) is 5.32 Å². The molecular formula is C11H13NO. The third-order valence-corrected chi connectivity index (χ3v) is 1.83. The summed E-state index contributed by atoms with van der Waals surface area (Å²) >= 11 is 0. The number of rotatable bonds is 2. The molecule has 0 radical (unpaired) electrons. The van der Waals surface area contributed by atoms with Crippen LogP contribution in [0.25, 0.3) is 0 Å². The summed E-state index contributed by atoms with van der Waals surface area (Å²) in [6, 6.07) is 5.89. The quantitative estimate of drug-likeness (QED) is 0.687. The Balaban J connectivity index is 2.89. The standard InChI is InChI=1S/C11H13NO/c1-4-11(13)12-10-6-5-8(2)7-9(10)3/h4-7H,1H2,2-3H3,(H,12,13). The first-order valence-corrected chi connectivity index (χ1v) is 4.14. The molecule has 1 N–H and O–H groups in total. The van der Waals surface area contributed by atoms with Gasteiger partial charge in [0.1, 0.15) is 0 Å². The maximum atomic E-state index is 11.0. The second kappa shape index (κ2) is 3.90. The second-order valence-corrected chi connectivity index (χ2v) is 3.01. The molecule has 0 saturated heterocycles. The number of aryl methyl sites for hydroxylation is 2. The molecule has 0 aliphatic heterocycles. The fourth-order valence-electron chi connectivity index (χ4n) is 1.14. The Morgan fingerprint density at radius 1 is 1.46 bits per heavy atom. The van der Waals surface area contributed by atoms with Gasteiger partial charge in [0.15, 0.2) is 0 Å².